The van der Waals surface area contributed by atoms with Crippen LogP contribution in [0.4, 0.5) is 29.0 Å². The van der Waals surface area contributed by atoms with Gasteiger partial charge in [-0.05, 0) is 92.8 Å². The SMILES string of the molecule is Nc1nnc(-c2ccccc2O)cc1N1C[C@H]2CC[C@@H](C1)N2c1nccc(N2CCN(C3CCC(c4ccc5c(c4)OCCN5C4CCC(=O)NC4=O)CC3)CC2)n1. The highest BCUT2D eigenvalue weighted by molar-refractivity contribution is 6.02. The Balaban J connectivity index is 0.739. The number of phenols is 1. The number of piperazine rings is 2. The number of hydrogen-bond donors (Lipinski definition) is 3. The molecule has 2 amide bonds. The first-order valence-electron chi connectivity index (χ1n) is 21.0. The highest BCUT2D eigenvalue weighted by Gasteiger charge is 2.42. The van der Waals surface area contributed by atoms with Gasteiger partial charge in [0.1, 0.15) is 30.0 Å². The highest BCUT2D eigenvalue weighted by Crippen LogP contribution is 2.42. The number of nitrogens with zero attached hydrogens (tertiary/aromatic N) is 9. The standard InChI is InChI=1S/C43H51N11O4/c44-41-36(24-33(48-49-41)32-3-1-2-4-37(32)55)52-25-30-10-11-31(26-52)54(30)43-45-16-15-39(46-43)51-19-17-50(18-20-51)29-8-5-27(6-9-29)28-7-12-34-38(23-28)58-22-21-53(34)35-13-14-40(56)47-42(35)57/h1-4,7,12,15-16,23-24,27,29-31,35,55H,5-6,8-11,13-14,17-22,25-26H2,(H2,44,49)(H,47,56,57)/t27?,29?,30-,31+,35?. The summed E-state index contributed by atoms with van der Waals surface area (Å²) in [4.78, 5) is 46.3. The largest absolute Gasteiger partial charge is 0.507 e. The molecule has 0 spiro atoms. The Bertz CT molecular complexity index is 2180. The average molecular weight is 786 g/mol. The number of anilines is 5. The van der Waals surface area contributed by atoms with E-state index in [4.69, 9.17) is 20.4 Å². The first kappa shape index (κ1) is 36.6. The first-order chi connectivity index (χ1) is 28.4. The van der Waals surface area contributed by atoms with Crippen LogP contribution in [-0.4, -0.2) is 119 Å². The molecule has 1 aliphatic carbocycles. The summed E-state index contributed by atoms with van der Waals surface area (Å²) in [6, 6.07) is 18.5. The second-order valence-electron chi connectivity index (χ2n) is 16.7. The highest BCUT2D eigenvalue weighted by atomic mass is 16.5. The molecule has 58 heavy (non-hydrogen) atoms. The van der Waals surface area contributed by atoms with Crippen molar-refractivity contribution >= 4 is 40.8 Å². The summed E-state index contributed by atoms with van der Waals surface area (Å²) in [5, 5.41) is 21.5. The number of aromatic nitrogens is 4. The van der Waals surface area contributed by atoms with E-state index in [-0.39, 0.29) is 35.7 Å². The minimum atomic E-state index is -0.333. The normalized spacial score (nSPS) is 26.3. The number of nitrogen functional groups attached to an aromatic ring is 1. The van der Waals surface area contributed by atoms with Crippen molar-refractivity contribution in [3.63, 3.8) is 0 Å². The lowest BCUT2D eigenvalue weighted by Crippen LogP contribution is -2.55. The summed E-state index contributed by atoms with van der Waals surface area (Å²) in [6.07, 6.45) is 9.59. The van der Waals surface area contributed by atoms with Crippen LogP contribution >= 0.6 is 0 Å². The predicted octanol–water partition coefficient (Wildman–Crippen LogP) is 3.93. The van der Waals surface area contributed by atoms with Crippen LogP contribution in [-0.2, 0) is 9.59 Å². The zero-order valence-electron chi connectivity index (χ0n) is 32.7. The van der Waals surface area contributed by atoms with Crippen LogP contribution in [0.2, 0.25) is 0 Å². The quantitative estimate of drug-likeness (QED) is 0.231. The number of piperidine rings is 1. The molecule has 302 valence electrons. The number of benzene rings is 2. The smallest absolute Gasteiger partial charge is 0.249 e. The van der Waals surface area contributed by atoms with Gasteiger partial charge < -0.3 is 35.2 Å². The third kappa shape index (κ3) is 6.88. The fourth-order valence-electron chi connectivity index (χ4n) is 10.4. The topological polar surface area (TPSA) is 169 Å². The number of carbonyl (C=O) groups is 2. The number of imide groups is 1. The van der Waals surface area contributed by atoms with Crippen molar-refractivity contribution in [3.05, 3.63) is 66.4 Å². The molecule has 10 rings (SSSR count). The summed E-state index contributed by atoms with van der Waals surface area (Å²) in [5.41, 5.74) is 10.7. The minimum absolute atomic E-state index is 0.167. The van der Waals surface area contributed by atoms with Gasteiger partial charge in [-0.1, -0.05) is 18.2 Å². The number of hydrogen-bond acceptors (Lipinski definition) is 14. The molecule has 2 bridgehead atoms. The van der Waals surface area contributed by atoms with E-state index < -0.39 is 0 Å². The van der Waals surface area contributed by atoms with E-state index in [9.17, 15) is 14.7 Å². The van der Waals surface area contributed by atoms with E-state index >= 15 is 0 Å². The van der Waals surface area contributed by atoms with Gasteiger partial charge in [0.2, 0.25) is 17.8 Å². The third-order valence-corrected chi connectivity index (χ3v) is 13.5. The number of rotatable bonds is 7. The number of amides is 2. The van der Waals surface area contributed by atoms with E-state index in [1.165, 1.54) is 18.4 Å². The fourth-order valence-corrected chi connectivity index (χ4v) is 10.4. The van der Waals surface area contributed by atoms with Gasteiger partial charge in [-0.15, -0.1) is 10.2 Å². The lowest BCUT2D eigenvalue weighted by Gasteiger charge is -2.43. The van der Waals surface area contributed by atoms with Crippen LogP contribution in [0.5, 0.6) is 11.5 Å². The molecule has 2 aromatic heterocycles. The monoisotopic (exact) mass is 785 g/mol. The summed E-state index contributed by atoms with van der Waals surface area (Å²) < 4.78 is 6.11. The third-order valence-electron chi connectivity index (χ3n) is 13.5. The van der Waals surface area contributed by atoms with E-state index in [1.807, 2.05) is 24.4 Å². The Morgan fingerprint density at radius 2 is 1.57 bits per heavy atom. The van der Waals surface area contributed by atoms with Crippen molar-refractivity contribution in [2.45, 2.75) is 81.5 Å². The summed E-state index contributed by atoms with van der Waals surface area (Å²) >= 11 is 0. The minimum Gasteiger partial charge on any atom is -0.507 e. The Morgan fingerprint density at radius 3 is 2.34 bits per heavy atom. The molecule has 1 saturated carbocycles. The number of carbonyl (C=O) groups excluding carboxylic acids is 2. The summed E-state index contributed by atoms with van der Waals surface area (Å²) in [7, 11) is 0. The Kier molecular flexibility index (Phi) is 9.62. The number of fused-ring (bicyclic) bond motifs is 3. The lowest BCUT2D eigenvalue weighted by atomic mass is 9.81. The number of ether oxygens (including phenoxy) is 1. The predicted molar refractivity (Wildman–Crippen MR) is 221 cm³/mol. The van der Waals surface area contributed by atoms with Gasteiger partial charge in [0.05, 0.1) is 23.6 Å². The van der Waals surface area contributed by atoms with Crippen LogP contribution in [0.1, 0.15) is 62.8 Å². The number of nitrogens with one attached hydrogen (secondary N) is 1. The van der Waals surface area contributed by atoms with Crippen LogP contribution in [0.3, 0.4) is 0 Å². The van der Waals surface area contributed by atoms with Crippen molar-refractivity contribution in [3.8, 4) is 22.8 Å². The number of para-hydroxylation sites is 1. The van der Waals surface area contributed by atoms with E-state index in [0.717, 1.165) is 93.8 Å². The van der Waals surface area contributed by atoms with Gasteiger partial charge in [-0.3, -0.25) is 19.8 Å². The number of phenolic OH excluding ortho intramolecular Hbond substituents is 1. The Labute approximate surface area is 338 Å². The van der Waals surface area contributed by atoms with E-state index in [0.29, 0.717) is 55.0 Å². The maximum absolute atomic E-state index is 12.6. The molecule has 5 fully saturated rings. The zero-order valence-corrected chi connectivity index (χ0v) is 32.7. The molecule has 0 radical (unpaired) electrons. The molecule has 7 heterocycles. The van der Waals surface area contributed by atoms with Gasteiger partial charge in [0, 0.05) is 75.6 Å². The maximum atomic E-state index is 12.6. The average Bonchev–Trinajstić information content (AvgIpc) is 3.52. The Hall–Kier alpha value is -5.70. The molecular formula is C43H51N11O4. The van der Waals surface area contributed by atoms with Crippen molar-refractivity contribution in [2.75, 3.05) is 77.8 Å². The van der Waals surface area contributed by atoms with Gasteiger partial charge in [-0.25, -0.2) is 4.98 Å². The second-order valence-corrected chi connectivity index (χ2v) is 16.7. The van der Waals surface area contributed by atoms with Crippen molar-refractivity contribution in [1.29, 1.82) is 0 Å². The molecule has 5 aliphatic heterocycles. The number of aromatic hydroxyl groups is 1. The molecule has 1 unspecified atom stereocenters. The lowest BCUT2D eigenvalue weighted by molar-refractivity contribution is -0.134. The van der Waals surface area contributed by atoms with Crippen LogP contribution < -0.4 is 35.4 Å². The van der Waals surface area contributed by atoms with Gasteiger partial charge in [0.15, 0.2) is 5.82 Å². The first-order valence-corrected chi connectivity index (χ1v) is 21.0. The molecule has 15 heteroatoms. The molecule has 4 aromatic rings. The van der Waals surface area contributed by atoms with Gasteiger partial charge in [-0.2, -0.15) is 4.98 Å². The van der Waals surface area contributed by atoms with Crippen molar-refractivity contribution < 1.29 is 19.4 Å². The molecule has 6 aliphatic rings. The maximum Gasteiger partial charge on any atom is 0.249 e. The van der Waals surface area contributed by atoms with Gasteiger partial charge in [0.25, 0.3) is 0 Å². The molecule has 4 N–H and O–H groups in total. The summed E-state index contributed by atoms with van der Waals surface area (Å²) in [5.74, 6) is 3.31. The summed E-state index contributed by atoms with van der Waals surface area (Å²) in [6.45, 7) is 6.66. The molecule has 4 saturated heterocycles. The van der Waals surface area contributed by atoms with Gasteiger partial charge >= 0.3 is 0 Å². The van der Waals surface area contributed by atoms with Crippen molar-refractivity contribution in [1.82, 2.24) is 30.4 Å². The number of nitrogens with two attached hydrogens (primary N) is 1. The molecule has 15 nitrogen and oxygen atoms in total. The second kappa shape index (κ2) is 15.2. The van der Waals surface area contributed by atoms with Crippen LogP contribution in [0.15, 0.2) is 60.8 Å². The van der Waals surface area contributed by atoms with Crippen LogP contribution in [0, 0.1) is 0 Å². The zero-order chi connectivity index (χ0) is 39.3. The Morgan fingerprint density at radius 1 is 0.793 bits per heavy atom. The van der Waals surface area contributed by atoms with E-state index in [1.54, 1.807) is 12.1 Å². The van der Waals surface area contributed by atoms with Crippen LogP contribution in [0.25, 0.3) is 11.3 Å². The molecule has 2 aromatic carbocycles. The fraction of sp³-hybridized carbons (Fsp3) is 0.488. The molecular weight excluding hydrogens is 735 g/mol. The van der Waals surface area contributed by atoms with Crippen molar-refractivity contribution in [2.24, 2.45) is 0 Å². The molecule has 3 atom stereocenters. The van der Waals surface area contributed by atoms with E-state index in [2.05, 4.69) is 64.3 Å².